The third kappa shape index (κ3) is 5.88. The van der Waals surface area contributed by atoms with E-state index in [4.69, 9.17) is 0 Å². The van der Waals surface area contributed by atoms with Crippen molar-refractivity contribution >= 4 is 43.6 Å². The van der Waals surface area contributed by atoms with Gasteiger partial charge in [-0.25, -0.2) is 0 Å². The van der Waals surface area contributed by atoms with E-state index in [0.717, 1.165) is 77.5 Å². The number of nitriles is 1. The lowest BCUT2D eigenvalue weighted by atomic mass is 9.94. The lowest BCUT2D eigenvalue weighted by Gasteiger charge is -2.21. The molecular formula is C54H38F3N3. The summed E-state index contributed by atoms with van der Waals surface area (Å²) < 4.78 is 48.7. The fourth-order valence-electron chi connectivity index (χ4n) is 9.29. The molecule has 0 atom stereocenters. The number of hydrogen-bond donors (Lipinski definition) is 0. The van der Waals surface area contributed by atoms with Gasteiger partial charge in [-0.1, -0.05) is 102 Å². The predicted molar refractivity (Wildman–Crippen MR) is 240 cm³/mol. The van der Waals surface area contributed by atoms with E-state index in [1.54, 1.807) is 12.1 Å². The first-order valence-electron chi connectivity index (χ1n) is 20.0. The molecule has 10 rings (SSSR count). The largest absolute Gasteiger partial charge is 0.416 e. The Morgan fingerprint density at radius 3 is 1.48 bits per heavy atom. The van der Waals surface area contributed by atoms with Crippen LogP contribution in [0.4, 0.5) is 13.2 Å². The molecular weight excluding hydrogens is 748 g/mol. The number of halogens is 3. The van der Waals surface area contributed by atoms with Crippen LogP contribution in [-0.2, 0) is 6.18 Å². The van der Waals surface area contributed by atoms with Crippen molar-refractivity contribution in [2.24, 2.45) is 0 Å². The van der Waals surface area contributed by atoms with Crippen LogP contribution in [0.25, 0.3) is 88.4 Å². The molecule has 0 aliphatic carbocycles. The second kappa shape index (κ2) is 13.9. The maximum Gasteiger partial charge on any atom is 0.416 e. The standard InChI is InChI=1S/C54H38F3N3/c1-32-16-21-40(34(3)26-32)36-18-23-49-44(28-36)42-11-5-7-13-47(42)59(49)51-25-20-39(54(55,56)57)30-46(51)53-38(31-58)10-9-15-52(53)60-48-14-8-6-12-43(48)45-29-37(19-24-50(45)60)41-22-17-33(2)27-35(41)4/h5-30H,1-4H3. The quantitative estimate of drug-likeness (QED) is 0.171. The lowest BCUT2D eigenvalue weighted by molar-refractivity contribution is -0.137. The number of para-hydroxylation sites is 2. The Kier molecular flexibility index (Phi) is 8.55. The van der Waals surface area contributed by atoms with E-state index in [9.17, 15) is 18.4 Å². The zero-order valence-electron chi connectivity index (χ0n) is 33.5. The fourth-order valence-corrected chi connectivity index (χ4v) is 9.29. The fraction of sp³-hybridized carbons (Fsp3) is 0.0926. The number of fused-ring (bicyclic) bond motifs is 6. The third-order valence-electron chi connectivity index (χ3n) is 12.0. The first-order valence-corrected chi connectivity index (χ1v) is 20.0. The lowest BCUT2D eigenvalue weighted by Crippen LogP contribution is -2.08. The summed E-state index contributed by atoms with van der Waals surface area (Å²) in [6.07, 6.45) is -4.63. The van der Waals surface area contributed by atoms with E-state index in [-0.39, 0.29) is 5.56 Å². The van der Waals surface area contributed by atoms with Gasteiger partial charge in [0.25, 0.3) is 0 Å². The van der Waals surface area contributed by atoms with Gasteiger partial charge in [-0.3, -0.25) is 0 Å². The van der Waals surface area contributed by atoms with Crippen molar-refractivity contribution in [2.45, 2.75) is 33.9 Å². The highest BCUT2D eigenvalue weighted by atomic mass is 19.4. The van der Waals surface area contributed by atoms with Crippen molar-refractivity contribution in [1.82, 2.24) is 9.13 Å². The van der Waals surface area contributed by atoms with Crippen molar-refractivity contribution in [3.63, 3.8) is 0 Å². The summed E-state index contributed by atoms with van der Waals surface area (Å²) in [7, 11) is 0. The van der Waals surface area contributed by atoms with Gasteiger partial charge in [0.15, 0.2) is 0 Å². The van der Waals surface area contributed by atoms with Crippen LogP contribution in [0.15, 0.2) is 158 Å². The number of nitrogens with zero attached hydrogens (tertiary/aromatic N) is 3. The van der Waals surface area contributed by atoms with Gasteiger partial charge in [-0.2, -0.15) is 18.4 Å². The molecule has 0 aliphatic rings. The number of aromatic nitrogens is 2. The maximum atomic E-state index is 14.9. The highest BCUT2D eigenvalue weighted by Gasteiger charge is 2.33. The minimum atomic E-state index is -4.63. The predicted octanol–water partition coefficient (Wildman–Crippen LogP) is 15.0. The molecule has 0 unspecified atom stereocenters. The van der Waals surface area contributed by atoms with E-state index < -0.39 is 11.7 Å². The maximum absolute atomic E-state index is 14.9. The Morgan fingerprint density at radius 1 is 0.450 bits per heavy atom. The highest BCUT2D eigenvalue weighted by Crippen LogP contribution is 2.45. The Hall–Kier alpha value is -7.36. The van der Waals surface area contributed by atoms with E-state index in [0.29, 0.717) is 22.5 Å². The van der Waals surface area contributed by atoms with Gasteiger partial charge in [0, 0.05) is 32.7 Å². The van der Waals surface area contributed by atoms with Crippen molar-refractivity contribution in [3.8, 4) is 50.8 Å². The zero-order chi connectivity index (χ0) is 41.4. The molecule has 3 nitrogen and oxygen atoms in total. The Morgan fingerprint density at radius 2 is 0.967 bits per heavy atom. The van der Waals surface area contributed by atoms with E-state index in [2.05, 4.69) is 123 Å². The van der Waals surface area contributed by atoms with Gasteiger partial charge in [0.1, 0.15) is 0 Å². The van der Waals surface area contributed by atoms with Crippen molar-refractivity contribution in [3.05, 3.63) is 191 Å². The van der Waals surface area contributed by atoms with Gasteiger partial charge in [-0.05, 0) is 128 Å². The Bertz CT molecular complexity index is 3430. The van der Waals surface area contributed by atoms with Gasteiger partial charge < -0.3 is 9.13 Å². The van der Waals surface area contributed by atoms with Crippen LogP contribution < -0.4 is 0 Å². The molecule has 0 spiro atoms. The highest BCUT2D eigenvalue weighted by molar-refractivity contribution is 6.13. The number of aryl methyl sites for hydroxylation is 4. The molecule has 0 saturated heterocycles. The zero-order valence-corrected chi connectivity index (χ0v) is 33.5. The van der Waals surface area contributed by atoms with Gasteiger partial charge in [0.05, 0.1) is 50.6 Å². The normalized spacial score (nSPS) is 11.9. The monoisotopic (exact) mass is 785 g/mol. The number of alkyl halides is 3. The number of hydrogen-bond acceptors (Lipinski definition) is 1. The molecule has 0 radical (unpaired) electrons. The topological polar surface area (TPSA) is 33.6 Å². The van der Waals surface area contributed by atoms with Crippen LogP contribution in [-0.4, -0.2) is 9.13 Å². The molecule has 60 heavy (non-hydrogen) atoms. The van der Waals surface area contributed by atoms with E-state index in [1.807, 2.05) is 53.1 Å². The Balaban J connectivity index is 1.27. The smallest absolute Gasteiger partial charge is 0.309 e. The summed E-state index contributed by atoms with van der Waals surface area (Å²) in [4.78, 5) is 0. The average molecular weight is 786 g/mol. The third-order valence-corrected chi connectivity index (χ3v) is 12.0. The van der Waals surface area contributed by atoms with Crippen LogP contribution in [0, 0.1) is 39.0 Å². The second-order valence-electron chi connectivity index (χ2n) is 15.8. The van der Waals surface area contributed by atoms with Crippen LogP contribution in [0.3, 0.4) is 0 Å². The summed E-state index contributed by atoms with van der Waals surface area (Å²) in [5.41, 5.74) is 13.9. The molecule has 290 valence electrons. The first kappa shape index (κ1) is 36.9. The van der Waals surface area contributed by atoms with Gasteiger partial charge >= 0.3 is 6.18 Å². The summed E-state index contributed by atoms with van der Waals surface area (Å²) in [5.74, 6) is 0. The molecule has 10 aromatic rings. The molecule has 6 heteroatoms. The number of benzene rings is 8. The Labute approximate surface area is 345 Å². The minimum Gasteiger partial charge on any atom is -0.309 e. The van der Waals surface area contributed by atoms with Gasteiger partial charge in [0.2, 0.25) is 0 Å². The average Bonchev–Trinajstić information content (AvgIpc) is 3.75. The van der Waals surface area contributed by atoms with Crippen molar-refractivity contribution in [1.29, 1.82) is 5.26 Å². The molecule has 0 amide bonds. The number of rotatable bonds is 5. The summed E-state index contributed by atoms with van der Waals surface area (Å²) in [5, 5.41) is 14.8. The van der Waals surface area contributed by atoms with E-state index in [1.165, 1.54) is 22.8 Å². The van der Waals surface area contributed by atoms with Crippen molar-refractivity contribution < 1.29 is 13.2 Å². The van der Waals surface area contributed by atoms with E-state index >= 15 is 0 Å². The molecule has 2 heterocycles. The summed E-state index contributed by atoms with van der Waals surface area (Å²) >= 11 is 0. The second-order valence-corrected chi connectivity index (χ2v) is 15.8. The molecule has 0 saturated carbocycles. The summed E-state index contributed by atoms with van der Waals surface area (Å²) in [6, 6.07) is 53.3. The van der Waals surface area contributed by atoms with Crippen LogP contribution in [0.1, 0.15) is 33.4 Å². The molecule has 0 N–H and O–H groups in total. The first-order chi connectivity index (χ1) is 29.0. The molecule has 8 aromatic carbocycles. The van der Waals surface area contributed by atoms with Gasteiger partial charge in [-0.15, -0.1) is 0 Å². The van der Waals surface area contributed by atoms with Crippen molar-refractivity contribution in [2.75, 3.05) is 0 Å². The van der Waals surface area contributed by atoms with Crippen LogP contribution >= 0.6 is 0 Å². The molecule has 0 fully saturated rings. The summed E-state index contributed by atoms with van der Waals surface area (Å²) in [6.45, 7) is 8.38. The molecule has 2 aromatic heterocycles. The molecule has 0 bridgehead atoms. The van der Waals surface area contributed by atoms with Crippen LogP contribution in [0.5, 0.6) is 0 Å². The molecule has 0 aliphatic heterocycles. The SMILES string of the molecule is Cc1ccc(-c2ccc3c(c2)c2ccccc2n3-c2ccc(C(F)(F)F)cc2-c2c(C#N)cccc2-n2c3ccccc3c3cc(-c4ccc(C)cc4C)ccc32)c(C)c1. The minimum absolute atomic E-state index is 0.267. The van der Waals surface area contributed by atoms with Crippen LogP contribution in [0.2, 0.25) is 0 Å².